The lowest BCUT2D eigenvalue weighted by Gasteiger charge is -2.20. The molecular formula is C23H29NO3. The van der Waals surface area contributed by atoms with Gasteiger partial charge in [0.1, 0.15) is 6.61 Å². The highest BCUT2D eigenvalue weighted by Gasteiger charge is 2.31. The Kier molecular flexibility index (Phi) is 6.51. The average Bonchev–Trinajstić information content (AvgIpc) is 2.99. The summed E-state index contributed by atoms with van der Waals surface area (Å²) in [4.78, 5) is 15.4. The smallest absolute Gasteiger partial charge is 0.198 e. The molecule has 0 radical (unpaired) electrons. The van der Waals surface area contributed by atoms with Gasteiger partial charge in [0.25, 0.3) is 0 Å². The second-order valence-corrected chi connectivity index (χ2v) is 6.77. The Balaban J connectivity index is 1.91. The molecule has 4 nitrogen and oxygen atoms in total. The van der Waals surface area contributed by atoms with Crippen LogP contribution in [0.4, 0.5) is 0 Å². The SMILES string of the molecule is CCCCOc1ccc2c(c1OCCN(CC)CC)C(=O)c1ccccc1-2. The van der Waals surface area contributed by atoms with E-state index in [9.17, 15) is 4.79 Å². The minimum absolute atomic E-state index is 0.0272. The molecule has 0 saturated carbocycles. The van der Waals surface area contributed by atoms with Crippen molar-refractivity contribution in [3.8, 4) is 22.6 Å². The number of likely N-dealkylation sites (N-methyl/N-ethyl adjacent to an activating group) is 1. The number of benzene rings is 2. The van der Waals surface area contributed by atoms with Gasteiger partial charge in [-0.1, -0.05) is 51.5 Å². The van der Waals surface area contributed by atoms with Crippen LogP contribution in [0.25, 0.3) is 11.1 Å². The normalized spacial score (nSPS) is 12.2. The molecule has 1 aliphatic rings. The van der Waals surface area contributed by atoms with E-state index in [-0.39, 0.29) is 5.78 Å². The zero-order chi connectivity index (χ0) is 19.2. The third kappa shape index (κ3) is 4.01. The summed E-state index contributed by atoms with van der Waals surface area (Å²) in [5, 5.41) is 0. The van der Waals surface area contributed by atoms with Gasteiger partial charge in [-0.25, -0.2) is 0 Å². The monoisotopic (exact) mass is 367 g/mol. The van der Waals surface area contributed by atoms with Gasteiger partial charge in [0.05, 0.1) is 12.2 Å². The van der Waals surface area contributed by atoms with Crippen LogP contribution >= 0.6 is 0 Å². The highest BCUT2D eigenvalue weighted by Crippen LogP contribution is 2.45. The van der Waals surface area contributed by atoms with Crippen molar-refractivity contribution in [1.29, 1.82) is 0 Å². The van der Waals surface area contributed by atoms with Gasteiger partial charge in [0, 0.05) is 12.1 Å². The molecule has 0 N–H and O–H groups in total. The lowest BCUT2D eigenvalue weighted by molar-refractivity contribution is 0.103. The van der Waals surface area contributed by atoms with Crippen molar-refractivity contribution in [3.63, 3.8) is 0 Å². The van der Waals surface area contributed by atoms with Gasteiger partial charge in [-0.2, -0.15) is 0 Å². The van der Waals surface area contributed by atoms with Crippen molar-refractivity contribution >= 4 is 5.78 Å². The van der Waals surface area contributed by atoms with Crippen LogP contribution in [-0.2, 0) is 0 Å². The Hall–Kier alpha value is -2.33. The molecule has 0 spiro atoms. The molecule has 144 valence electrons. The highest BCUT2D eigenvalue weighted by atomic mass is 16.5. The first-order chi connectivity index (χ1) is 13.2. The number of hydrogen-bond acceptors (Lipinski definition) is 4. The number of rotatable bonds is 10. The molecule has 0 fully saturated rings. The molecule has 4 heteroatoms. The Morgan fingerprint density at radius 3 is 2.30 bits per heavy atom. The first-order valence-corrected chi connectivity index (χ1v) is 10.00. The standard InChI is InChI=1S/C23H29NO3/c1-4-7-15-26-20-13-12-18-17-10-8-9-11-19(17)22(25)21(18)23(20)27-16-14-24(5-2)6-3/h8-13H,4-7,14-16H2,1-3H3. The maximum Gasteiger partial charge on any atom is 0.198 e. The van der Waals surface area contributed by atoms with E-state index in [0.29, 0.717) is 30.3 Å². The summed E-state index contributed by atoms with van der Waals surface area (Å²) in [6, 6.07) is 11.7. The number of carbonyl (C=O) groups is 1. The second-order valence-electron chi connectivity index (χ2n) is 6.77. The van der Waals surface area contributed by atoms with E-state index in [0.717, 1.165) is 49.2 Å². The number of nitrogens with zero attached hydrogens (tertiary/aromatic N) is 1. The van der Waals surface area contributed by atoms with Crippen molar-refractivity contribution < 1.29 is 14.3 Å². The molecule has 2 aromatic carbocycles. The zero-order valence-corrected chi connectivity index (χ0v) is 16.6. The van der Waals surface area contributed by atoms with E-state index >= 15 is 0 Å². The number of fused-ring (bicyclic) bond motifs is 3. The lowest BCUT2D eigenvalue weighted by Crippen LogP contribution is -2.28. The third-order valence-corrected chi connectivity index (χ3v) is 5.11. The van der Waals surface area contributed by atoms with Gasteiger partial charge in [-0.15, -0.1) is 0 Å². The van der Waals surface area contributed by atoms with Gasteiger partial charge in [-0.05, 0) is 42.8 Å². The Labute approximate surface area is 162 Å². The van der Waals surface area contributed by atoms with Crippen LogP contribution in [0, 0.1) is 0 Å². The summed E-state index contributed by atoms with van der Waals surface area (Å²) < 4.78 is 12.1. The van der Waals surface area contributed by atoms with Crippen LogP contribution in [0.15, 0.2) is 36.4 Å². The fourth-order valence-electron chi connectivity index (χ4n) is 3.46. The van der Waals surface area contributed by atoms with Crippen molar-refractivity contribution in [3.05, 3.63) is 47.5 Å². The van der Waals surface area contributed by atoms with Gasteiger partial charge >= 0.3 is 0 Å². The molecule has 0 saturated heterocycles. The van der Waals surface area contributed by atoms with Crippen LogP contribution in [0.5, 0.6) is 11.5 Å². The van der Waals surface area contributed by atoms with E-state index in [1.165, 1.54) is 0 Å². The molecule has 27 heavy (non-hydrogen) atoms. The maximum absolute atomic E-state index is 13.1. The summed E-state index contributed by atoms with van der Waals surface area (Å²) >= 11 is 0. The summed E-state index contributed by atoms with van der Waals surface area (Å²) in [6.07, 6.45) is 2.04. The quantitative estimate of drug-likeness (QED) is 0.483. The largest absolute Gasteiger partial charge is 0.490 e. The Morgan fingerprint density at radius 1 is 0.852 bits per heavy atom. The van der Waals surface area contributed by atoms with Crippen molar-refractivity contribution in [1.82, 2.24) is 4.90 Å². The van der Waals surface area contributed by atoms with E-state index in [4.69, 9.17) is 9.47 Å². The summed E-state index contributed by atoms with van der Waals surface area (Å²) in [6.45, 7) is 10.4. The third-order valence-electron chi connectivity index (χ3n) is 5.11. The topological polar surface area (TPSA) is 38.8 Å². The minimum atomic E-state index is 0.0272. The van der Waals surface area contributed by atoms with Crippen molar-refractivity contribution in [2.45, 2.75) is 33.6 Å². The Morgan fingerprint density at radius 2 is 1.59 bits per heavy atom. The van der Waals surface area contributed by atoms with Crippen LogP contribution < -0.4 is 9.47 Å². The average molecular weight is 367 g/mol. The lowest BCUT2D eigenvalue weighted by atomic mass is 10.0. The number of ether oxygens (including phenoxy) is 2. The van der Waals surface area contributed by atoms with E-state index in [1.807, 2.05) is 36.4 Å². The van der Waals surface area contributed by atoms with Crippen LogP contribution in [0.3, 0.4) is 0 Å². The molecule has 0 aromatic heterocycles. The zero-order valence-electron chi connectivity index (χ0n) is 16.6. The van der Waals surface area contributed by atoms with Gasteiger partial charge < -0.3 is 14.4 Å². The molecule has 2 aromatic rings. The summed E-state index contributed by atoms with van der Waals surface area (Å²) in [5.74, 6) is 1.29. The van der Waals surface area contributed by atoms with Crippen LogP contribution in [0.2, 0.25) is 0 Å². The molecular weight excluding hydrogens is 338 g/mol. The fourth-order valence-corrected chi connectivity index (χ4v) is 3.46. The maximum atomic E-state index is 13.1. The summed E-state index contributed by atoms with van der Waals surface area (Å²) in [5.41, 5.74) is 3.30. The van der Waals surface area contributed by atoms with Gasteiger partial charge in [-0.3, -0.25) is 4.79 Å². The molecule has 1 aliphatic carbocycles. The predicted molar refractivity (Wildman–Crippen MR) is 109 cm³/mol. The summed E-state index contributed by atoms with van der Waals surface area (Å²) in [7, 11) is 0. The number of unbranched alkanes of at least 4 members (excludes halogenated alkanes) is 1. The van der Waals surface area contributed by atoms with E-state index in [1.54, 1.807) is 0 Å². The Bertz CT molecular complexity index is 796. The van der Waals surface area contributed by atoms with E-state index < -0.39 is 0 Å². The van der Waals surface area contributed by atoms with Crippen molar-refractivity contribution in [2.75, 3.05) is 32.8 Å². The van der Waals surface area contributed by atoms with Crippen molar-refractivity contribution in [2.24, 2.45) is 0 Å². The number of carbonyl (C=O) groups excluding carboxylic acids is 1. The van der Waals surface area contributed by atoms with Gasteiger partial charge in [0.15, 0.2) is 17.3 Å². The number of hydrogen-bond donors (Lipinski definition) is 0. The molecule has 0 heterocycles. The molecule has 0 amide bonds. The molecule has 0 aliphatic heterocycles. The minimum Gasteiger partial charge on any atom is -0.490 e. The highest BCUT2D eigenvalue weighted by molar-refractivity contribution is 6.23. The van der Waals surface area contributed by atoms with Crippen LogP contribution in [0.1, 0.15) is 49.5 Å². The molecule has 0 unspecified atom stereocenters. The number of ketones is 1. The first-order valence-electron chi connectivity index (χ1n) is 10.00. The fraction of sp³-hybridized carbons (Fsp3) is 0.435. The second kappa shape index (κ2) is 9.05. The molecule has 0 atom stereocenters. The van der Waals surface area contributed by atoms with Gasteiger partial charge in [0.2, 0.25) is 0 Å². The van der Waals surface area contributed by atoms with E-state index in [2.05, 4.69) is 25.7 Å². The predicted octanol–water partition coefficient (Wildman–Crippen LogP) is 4.80. The molecule has 3 rings (SSSR count). The van der Waals surface area contributed by atoms with Crippen LogP contribution in [-0.4, -0.2) is 43.5 Å². The first kappa shape index (κ1) is 19.4. The molecule has 0 bridgehead atoms.